The van der Waals surface area contributed by atoms with Gasteiger partial charge in [-0.05, 0) is 42.0 Å². The molecule has 0 aromatic heterocycles. The Bertz CT molecular complexity index is 658. The Balaban J connectivity index is 0.00000192. The number of likely N-dealkylation sites (tertiary alicyclic amines) is 1. The predicted molar refractivity (Wildman–Crippen MR) is 98.0 cm³/mol. The molecule has 0 radical (unpaired) electrons. The molecule has 2 aromatic carbocycles. The van der Waals surface area contributed by atoms with Crippen molar-refractivity contribution < 1.29 is 4.79 Å². The smallest absolute Gasteiger partial charge is 0.224 e. The topological polar surface area (TPSA) is 46.3 Å². The zero-order chi connectivity index (χ0) is 15.5. The number of nitrogens with two attached hydrogens (primary N) is 1. The van der Waals surface area contributed by atoms with Crippen molar-refractivity contribution in [2.24, 2.45) is 5.73 Å². The van der Waals surface area contributed by atoms with E-state index in [1.54, 1.807) is 0 Å². The number of carbonyl (C=O) groups is 1. The lowest BCUT2D eigenvalue weighted by molar-refractivity contribution is -0.132. The normalized spacial score (nSPS) is 16.9. The zero-order valence-corrected chi connectivity index (χ0v) is 14.4. The van der Waals surface area contributed by atoms with Crippen LogP contribution >= 0.6 is 12.4 Å². The highest BCUT2D eigenvalue weighted by Gasteiger charge is 2.24. The van der Waals surface area contributed by atoms with E-state index in [1.165, 1.54) is 16.3 Å². The van der Waals surface area contributed by atoms with E-state index in [1.807, 2.05) is 11.8 Å². The van der Waals surface area contributed by atoms with Crippen LogP contribution in [0.5, 0.6) is 0 Å². The van der Waals surface area contributed by atoms with Gasteiger partial charge in [-0.1, -0.05) is 42.5 Å². The summed E-state index contributed by atoms with van der Waals surface area (Å²) in [6, 6.07) is 15.1. The molecule has 0 saturated carbocycles. The summed E-state index contributed by atoms with van der Waals surface area (Å²) < 4.78 is 0. The molecule has 1 aliphatic rings. The molecule has 3 rings (SSSR count). The van der Waals surface area contributed by atoms with Crippen LogP contribution in [0, 0.1) is 0 Å². The lowest BCUT2D eigenvalue weighted by Crippen LogP contribution is -2.40. The summed E-state index contributed by atoms with van der Waals surface area (Å²) in [5.74, 6) is 0.747. The van der Waals surface area contributed by atoms with Gasteiger partial charge in [0.2, 0.25) is 5.91 Å². The molecule has 0 aliphatic carbocycles. The van der Waals surface area contributed by atoms with E-state index in [9.17, 15) is 4.79 Å². The maximum Gasteiger partial charge on any atom is 0.224 e. The molecule has 2 aromatic rings. The van der Waals surface area contributed by atoms with Crippen LogP contribution in [0.4, 0.5) is 0 Å². The molecule has 3 nitrogen and oxygen atoms in total. The summed E-state index contributed by atoms with van der Waals surface area (Å²) in [4.78, 5) is 14.1. The molecule has 1 unspecified atom stereocenters. The van der Waals surface area contributed by atoms with Crippen molar-refractivity contribution in [2.75, 3.05) is 13.1 Å². The fourth-order valence-corrected chi connectivity index (χ4v) is 3.45. The predicted octanol–water partition coefficient (Wildman–Crippen LogP) is 3.70. The van der Waals surface area contributed by atoms with Crippen molar-refractivity contribution >= 4 is 29.1 Å². The third kappa shape index (κ3) is 4.04. The van der Waals surface area contributed by atoms with Crippen LogP contribution in [0.3, 0.4) is 0 Å². The molecule has 1 atom stereocenters. The van der Waals surface area contributed by atoms with Gasteiger partial charge in [0.1, 0.15) is 0 Å². The molecule has 4 heteroatoms. The minimum Gasteiger partial charge on any atom is -0.343 e. The van der Waals surface area contributed by atoms with Gasteiger partial charge < -0.3 is 10.6 Å². The average Bonchev–Trinajstić information content (AvgIpc) is 2.54. The highest BCUT2D eigenvalue weighted by Crippen LogP contribution is 2.33. The number of hydrogen-bond acceptors (Lipinski definition) is 2. The summed E-state index contributed by atoms with van der Waals surface area (Å²) in [6.45, 7) is 3.58. The minimum atomic E-state index is -0.0525. The Hall–Kier alpha value is -1.58. The third-order valence-electron chi connectivity index (χ3n) is 4.61. The van der Waals surface area contributed by atoms with Gasteiger partial charge in [-0.2, -0.15) is 0 Å². The fraction of sp³-hybridized carbons (Fsp3) is 0.421. The Morgan fingerprint density at radius 1 is 1.17 bits per heavy atom. The molecular weight excluding hydrogens is 308 g/mol. The van der Waals surface area contributed by atoms with Gasteiger partial charge in [0, 0.05) is 25.6 Å². The summed E-state index contributed by atoms with van der Waals surface area (Å²) in [5.41, 5.74) is 7.16. The lowest BCUT2D eigenvalue weighted by Gasteiger charge is -2.33. The molecule has 0 spiro atoms. The number of hydrogen-bond donors (Lipinski definition) is 1. The first-order valence-electron chi connectivity index (χ1n) is 8.16. The molecule has 2 N–H and O–H groups in total. The number of amides is 1. The number of piperidine rings is 1. The van der Waals surface area contributed by atoms with Gasteiger partial charge in [0.25, 0.3) is 0 Å². The minimum absolute atomic E-state index is 0. The van der Waals surface area contributed by atoms with Gasteiger partial charge in [-0.25, -0.2) is 0 Å². The third-order valence-corrected chi connectivity index (χ3v) is 4.61. The SMILES string of the molecule is CC(N)CC(=O)N1CCC(c2cccc3ccccc23)CC1.Cl. The van der Waals surface area contributed by atoms with Gasteiger partial charge >= 0.3 is 0 Å². The van der Waals surface area contributed by atoms with Crippen LogP contribution in [-0.2, 0) is 4.79 Å². The zero-order valence-electron chi connectivity index (χ0n) is 13.6. The van der Waals surface area contributed by atoms with E-state index in [2.05, 4.69) is 42.5 Å². The highest BCUT2D eigenvalue weighted by atomic mass is 35.5. The molecule has 124 valence electrons. The fourth-order valence-electron chi connectivity index (χ4n) is 3.45. The number of halogens is 1. The van der Waals surface area contributed by atoms with E-state index in [0.29, 0.717) is 12.3 Å². The summed E-state index contributed by atoms with van der Waals surface area (Å²) >= 11 is 0. The van der Waals surface area contributed by atoms with Gasteiger partial charge in [-0.3, -0.25) is 4.79 Å². The van der Waals surface area contributed by atoms with E-state index >= 15 is 0 Å². The molecule has 1 aliphatic heterocycles. The number of nitrogens with zero attached hydrogens (tertiary/aromatic N) is 1. The van der Waals surface area contributed by atoms with Crippen molar-refractivity contribution in [1.29, 1.82) is 0 Å². The van der Waals surface area contributed by atoms with E-state index in [0.717, 1.165) is 25.9 Å². The van der Waals surface area contributed by atoms with E-state index in [4.69, 9.17) is 5.73 Å². The maximum absolute atomic E-state index is 12.1. The van der Waals surface area contributed by atoms with Crippen LogP contribution < -0.4 is 5.73 Å². The van der Waals surface area contributed by atoms with Crippen LogP contribution in [0.25, 0.3) is 10.8 Å². The van der Waals surface area contributed by atoms with Crippen molar-refractivity contribution in [3.63, 3.8) is 0 Å². The quantitative estimate of drug-likeness (QED) is 0.931. The number of benzene rings is 2. The summed E-state index contributed by atoms with van der Waals surface area (Å²) in [6.07, 6.45) is 2.54. The molecule has 23 heavy (non-hydrogen) atoms. The second kappa shape index (κ2) is 7.80. The van der Waals surface area contributed by atoms with Crippen molar-refractivity contribution in [1.82, 2.24) is 4.90 Å². The molecule has 1 amide bonds. The molecule has 1 saturated heterocycles. The lowest BCUT2D eigenvalue weighted by atomic mass is 9.86. The molecular formula is C19H25ClN2O. The summed E-state index contributed by atoms with van der Waals surface area (Å²) in [7, 11) is 0. The highest BCUT2D eigenvalue weighted by molar-refractivity contribution is 5.86. The second-order valence-corrected chi connectivity index (χ2v) is 6.40. The Morgan fingerprint density at radius 3 is 2.52 bits per heavy atom. The monoisotopic (exact) mass is 332 g/mol. The average molecular weight is 333 g/mol. The Labute approximate surface area is 144 Å². The first-order valence-corrected chi connectivity index (χ1v) is 8.16. The first kappa shape index (κ1) is 17.8. The van der Waals surface area contributed by atoms with Crippen molar-refractivity contribution in [3.05, 3.63) is 48.0 Å². The van der Waals surface area contributed by atoms with Gasteiger partial charge in [-0.15, -0.1) is 12.4 Å². The van der Waals surface area contributed by atoms with Crippen molar-refractivity contribution in [2.45, 2.75) is 38.1 Å². The van der Waals surface area contributed by atoms with Crippen molar-refractivity contribution in [3.8, 4) is 0 Å². The van der Waals surface area contributed by atoms with Crippen LogP contribution in [0.2, 0.25) is 0 Å². The maximum atomic E-state index is 12.1. The van der Waals surface area contributed by atoms with Gasteiger partial charge in [0.15, 0.2) is 0 Å². The first-order chi connectivity index (χ1) is 10.6. The Kier molecular flexibility index (Phi) is 6.03. The van der Waals surface area contributed by atoms with Crippen LogP contribution in [0.1, 0.15) is 37.7 Å². The molecule has 1 fully saturated rings. The molecule has 1 heterocycles. The Morgan fingerprint density at radius 2 is 1.83 bits per heavy atom. The molecule has 0 bridgehead atoms. The van der Waals surface area contributed by atoms with Gasteiger partial charge in [0.05, 0.1) is 0 Å². The van der Waals surface area contributed by atoms with Crippen LogP contribution in [-0.4, -0.2) is 29.9 Å². The van der Waals surface area contributed by atoms with E-state index in [-0.39, 0.29) is 24.4 Å². The standard InChI is InChI=1S/C19H24N2O.ClH/c1-14(20)13-19(22)21-11-9-16(10-12-21)18-8-4-6-15-5-2-3-7-17(15)18;/h2-8,14,16H,9-13,20H2,1H3;1H. The van der Waals surface area contributed by atoms with Crippen LogP contribution in [0.15, 0.2) is 42.5 Å². The number of carbonyl (C=O) groups excluding carboxylic acids is 1. The second-order valence-electron chi connectivity index (χ2n) is 6.40. The number of rotatable bonds is 3. The number of fused-ring (bicyclic) bond motifs is 1. The summed E-state index contributed by atoms with van der Waals surface area (Å²) in [5, 5.41) is 2.65. The van der Waals surface area contributed by atoms with E-state index < -0.39 is 0 Å². The largest absolute Gasteiger partial charge is 0.343 e.